The lowest BCUT2D eigenvalue weighted by Gasteiger charge is -2.34. The van der Waals surface area contributed by atoms with Gasteiger partial charge in [-0.1, -0.05) is 57.0 Å². The summed E-state index contributed by atoms with van der Waals surface area (Å²) in [6, 6.07) is 9.43. The minimum atomic E-state index is -0.627. The highest BCUT2D eigenvalue weighted by Gasteiger charge is 2.43. The number of nitrogens with one attached hydrogen (secondary N) is 1. The van der Waals surface area contributed by atoms with Crippen LogP contribution in [-0.2, 0) is 10.2 Å². The largest absolute Gasteiger partial charge is 0.405 e. The highest BCUT2D eigenvalue weighted by Crippen LogP contribution is 2.41. The van der Waals surface area contributed by atoms with Crippen LogP contribution in [-0.4, -0.2) is 31.1 Å². The second kappa shape index (κ2) is 10.4. The Bertz CT molecular complexity index is 880. The van der Waals surface area contributed by atoms with Gasteiger partial charge in [0.15, 0.2) is 0 Å². The number of nitriles is 1. The summed E-state index contributed by atoms with van der Waals surface area (Å²) >= 11 is 6.06. The number of rotatable bonds is 6. The molecule has 0 spiro atoms. The lowest BCUT2D eigenvalue weighted by atomic mass is 9.78. The molecule has 8 heteroatoms. The molecule has 0 bridgehead atoms. The molecular formula is C22H29BClN5O. The minimum Gasteiger partial charge on any atom is -0.405 e. The number of allylic oxidation sites excluding steroid dienone is 1. The average molecular weight is 426 g/mol. The zero-order valence-corrected chi connectivity index (χ0v) is 18.7. The summed E-state index contributed by atoms with van der Waals surface area (Å²) in [4.78, 5) is 17.9. The molecular weight excluding hydrogens is 397 g/mol. The molecule has 0 unspecified atom stereocenters. The van der Waals surface area contributed by atoms with Crippen LogP contribution >= 0.6 is 11.6 Å². The van der Waals surface area contributed by atoms with Crippen molar-refractivity contribution in [2.75, 3.05) is 6.54 Å². The zero-order chi connectivity index (χ0) is 22.3. The van der Waals surface area contributed by atoms with Crippen LogP contribution in [0.15, 0.2) is 53.2 Å². The zero-order valence-electron chi connectivity index (χ0n) is 17.9. The van der Waals surface area contributed by atoms with E-state index in [0.29, 0.717) is 22.9 Å². The van der Waals surface area contributed by atoms with Crippen molar-refractivity contribution in [2.24, 2.45) is 16.6 Å². The first kappa shape index (κ1) is 23.6. The van der Waals surface area contributed by atoms with Gasteiger partial charge in [-0.25, -0.2) is 4.99 Å². The van der Waals surface area contributed by atoms with Crippen molar-refractivity contribution in [3.8, 4) is 6.07 Å². The van der Waals surface area contributed by atoms with Crippen molar-refractivity contribution in [3.63, 3.8) is 0 Å². The molecule has 3 N–H and O–H groups in total. The minimum absolute atomic E-state index is 0.0440. The topological polar surface area (TPSA) is 94.5 Å². The van der Waals surface area contributed by atoms with Crippen molar-refractivity contribution < 1.29 is 4.79 Å². The number of aliphatic imine (C=N–C) groups is 1. The van der Waals surface area contributed by atoms with Crippen LogP contribution in [0.25, 0.3) is 0 Å². The molecule has 1 aliphatic carbocycles. The number of nitrogens with two attached hydrogens (primary N) is 1. The van der Waals surface area contributed by atoms with E-state index in [1.165, 1.54) is 6.20 Å². The van der Waals surface area contributed by atoms with Gasteiger partial charge in [0.1, 0.15) is 25.4 Å². The number of nitrogens with zero attached hydrogens (tertiary/aromatic N) is 3. The molecule has 1 amide bonds. The number of amides is 1. The standard InChI is InChI=1S/C22H29BClN5O/c1-15(2)14-29(20(19(23)13-26)27-16(3)12-25)28-21(30)22(10-4-5-11-22)17-6-8-18(24)9-7-17/h6-9,13,15H,3-5,10-11,14,23,26H2,1-2H3,(H,28,30)/b19-13+,27-20+. The normalized spacial score (nSPS) is 16.2. The predicted octanol–water partition coefficient (Wildman–Crippen LogP) is 3.01. The molecule has 0 saturated heterocycles. The molecule has 0 radical (unpaired) electrons. The third kappa shape index (κ3) is 5.45. The first-order valence-corrected chi connectivity index (χ1v) is 10.5. The molecule has 158 valence electrons. The van der Waals surface area contributed by atoms with Gasteiger partial charge < -0.3 is 5.73 Å². The maximum Gasteiger partial charge on any atom is 0.249 e. The maximum absolute atomic E-state index is 13.6. The Labute approximate surface area is 184 Å². The highest BCUT2D eigenvalue weighted by molar-refractivity contribution is 6.37. The summed E-state index contributed by atoms with van der Waals surface area (Å²) in [5.41, 5.74) is 9.82. The van der Waals surface area contributed by atoms with Crippen molar-refractivity contribution >= 4 is 31.2 Å². The molecule has 1 aromatic carbocycles. The SMILES string of the molecule is BC(=C/N)/C(=N\C(=C)C#N)N(CC(C)C)NC(=O)C1(c2ccc(Cl)cc2)CCCC1. The summed E-state index contributed by atoms with van der Waals surface area (Å²) in [5, 5.41) is 11.5. The van der Waals surface area contributed by atoms with E-state index < -0.39 is 5.41 Å². The van der Waals surface area contributed by atoms with E-state index in [9.17, 15) is 4.79 Å². The molecule has 1 aliphatic rings. The summed E-state index contributed by atoms with van der Waals surface area (Å²) in [6.07, 6.45) is 4.90. The number of halogens is 1. The maximum atomic E-state index is 13.6. The monoisotopic (exact) mass is 425 g/mol. The second-order valence-corrected chi connectivity index (χ2v) is 8.52. The number of benzene rings is 1. The van der Waals surface area contributed by atoms with Gasteiger partial charge in [-0.3, -0.25) is 15.2 Å². The van der Waals surface area contributed by atoms with Gasteiger partial charge in [0, 0.05) is 11.6 Å². The van der Waals surface area contributed by atoms with Gasteiger partial charge >= 0.3 is 0 Å². The number of hydrogen-bond donors (Lipinski definition) is 2. The number of carbonyl (C=O) groups is 1. The molecule has 2 rings (SSSR count). The molecule has 0 heterocycles. The van der Waals surface area contributed by atoms with Crippen molar-refractivity contribution in [2.45, 2.75) is 44.9 Å². The van der Waals surface area contributed by atoms with Gasteiger partial charge in [0.25, 0.3) is 0 Å². The van der Waals surface area contributed by atoms with Crippen LogP contribution in [0, 0.1) is 17.2 Å². The predicted molar refractivity (Wildman–Crippen MR) is 124 cm³/mol. The van der Waals surface area contributed by atoms with E-state index in [0.717, 1.165) is 31.2 Å². The van der Waals surface area contributed by atoms with Crippen LogP contribution in [0.3, 0.4) is 0 Å². The summed E-state index contributed by atoms with van der Waals surface area (Å²) in [6.45, 7) is 8.24. The number of carbonyl (C=O) groups excluding carboxylic acids is 1. The van der Waals surface area contributed by atoms with Crippen molar-refractivity contribution in [1.29, 1.82) is 5.26 Å². The van der Waals surface area contributed by atoms with E-state index in [1.807, 2.05) is 44.2 Å². The van der Waals surface area contributed by atoms with Crippen LogP contribution < -0.4 is 11.2 Å². The van der Waals surface area contributed by atoms with E-state index in [1.54, 1.807) is 12.9 Å². The Morgan fingerprint density at radius 1 is 1.43 bits per heavy atom. The summed E-state index contributed by atoms with van der Waals surface area (Å²) in [5.74, 6) is 0.546. The smallest absolute Gasteiger partial charge is 0.249 e. The first-order valence-electron chi connectivity index (χ1n) is 10.1. The van der Waals surface area contributed by atoms with Crippen LogP contribution in [0.1, 0.15) is 45.1 Å². The average Bonchev–Trinajstić information content (AvgIpc) is 3.22. The number of hydrazine groups is 1. The molecule has 0 atom stereocenters. The quantitative estimate of drug-likeness (QED) is 0.241. The van der Waals surface area contributed by atoms with E-state index >= 15 is 0 Å². The van der Waals surface area contributed by atoms with Crippen molar-refractivity contribution in [1.82, 2.24) is 10.4 Å². The first-order chi connectivity index (χ1) is 14.2. The van der Waals surface area contributed by atoms with Gasteiger partial charge in [-0.15, -0.1) is 0 Å². The third-order valence-corrected chi connectivity index (χ3v) is 5.55. The Kier molecular flexibility index (Phi) is 8.13. The summed E-state index contributed by atoms with van der Waals surface area (Å²) in [7, 11) is 1.79. The Balaban J connectivity index is 2.44. The second-order valence-electron chi connectivity index (χ2n) is 8.09. The molecule has 1 aromatic rings. The molecule has 6 nitrogen and oxygen atoms in total. The lowest BCUT2D eigenvalue weighted by molar-refractivity contribution is -0.130. The lowest BCUT2D eigenvalue weighted by Crippen LogP contribution is -2.54. The van der Waals surface area contributed by atoms with Gasteiger partial charge in [-0.2, -0.15) is 5.26 Å². The van der Waals surface area contributed by atoms with Crippen LogP contribution in [0.5, 0.6) is 0 Å². The van der Waals surface area contributed by atoms with Crippen LogP contribution in [0.4, 0.5) is 0 Å². The fourth-order valence-electron chi connectivity index (χ4n) is 3.76. The fraction of sp³-hybridized carbons (Fsp3) is 0.409. The van der Waals surface area contributed by atoms with Crippen molar-refractivity contribution in [3.05, 3.63) is 58.8 Å². The molecule has 0 aliphatic heterocycles. The van der Waals surface area contributed by atoms with E-state index in [4.69, 9.17) is 22.6 Å². The van der Waals surface area contributed by atoms with Gasteiger partial charge in [0.2, 0.25) is 5.91 Å². The third-order valence-electron chi connectivity index (χ3n) is 5.30. The number of amidine groups is 1. The molecule has 1 fully saturated rings. The summed E-state index contributed by atoms with van der Waals surface area (Å²) < 4.78 is 0. The Morgan fingerprint density at radius 2 is 2.03 bits per heavy atom. The Morgan fingerprint density at radius 3 is 2.53 bits per heavy atom. The number of hydrogen-bond acceptors (Lipinski definition) is 4. The highest BCUT2D eigenvalue weighted by atomic mass is 35.5. The van der Waals surface area contributed by atoms with E-state index in [-0.39, 0.29) is 17.5 Å². The Hall–Kier alpha value is -2.72. The molecule has 0 aromatic heterocycles. The fourth-order valence-corrected chi connectivity index (χ4v) is 3.89. The van der Waals surface area contributed by atoms with Gasteiger partial charge in [0.05, 0.1) is 5.41 Å². The van der Waals surface area contributed by atoms with Gasteiger partial charge in [-0.05, 0) is 48.1 Å². The van der Waals surface area contributed by atoms with E-state index in [2.05, 4.69) is 17.0 Å². The van der Waals surface area contributed by atoms with Crippen LogP contribution in [0.2, 0.25) is 5.02 Å². The molecule has 30 heavy (non-hydrogen) atoms. The molecule has 1 saturated carbocycles.